The number of nitrogens with zero attached hydrogens (tertiary/aromatic N) is 1. The van der Waals surface area contributed by atoms with Crippen LogP contribution in [0.4, 0.5) is 0 Å². The van der Waals surface area contributed by atoms with Gasteiger partial charge in [0.05, 0.1) is 7.11 Å². The quantitative estimate of drug-likeness (QED) is 0.774. The molecule has 0 saturated carbocycles. The molecule has 0 atom stereocenters. The highest BCUT2D eigenvalue weighted by Gasteiger charge is 2.14. The molecule has 4 nitrogen and oxygen atoms in total. The van der Waals surface area contributed by atoms with Gasteiger partial charge in [-0.2, -0.15) is 0 Å². The molecule has 0 fully saturated rings. The Morgan fingerprint density at radius 3 is 2.67 bits per heavy atom. The summed E-state index contributed by atoms with van der Waals surface area (Å²) in [7, 11) is 1.49. The Morgan fingerprint density at radius 1 is 1.17 bits per heavy atom. The van der Waals surface area contributed by atoms with Gasteiger partial charge in [-0.1, -0.05) is 30.3 Å². The molecule has 0 N–H and O–H groups in total. The maximum absolute atomic E-state index is 11.8. The minimum absolute atomic E-state index is 0.191. The molecule has 1 aromatic heterocycles. The van der Waals surface area contributed by atoms with Crippen LogP contribution in [0.1, 0.15) is 16.1 Å². The van der Waals surface area contributed by atoms with Crippen molar-refractivity contribution < 1.29 is 14.3 Å². The van der Waals surface area contributed by atoms with Gasteiger partial charge in [-0.05, 0) is 17.7 Å². The van der Waals surface area contributed by atoms with Crippen LogP contribution in [0.3, 0.4) is 0 Å². The van der Waals surface area contributed by atoms with Crippen LogP contribution >= 0.6 is 0 Å². The van der Waals surface area contributed by atoms with Gasteiger partial charge in [0.15, 0.2) is 11.4 Å². The van der Waals surface area contributed by atoms with E-state index in [1.807, 2.05) is 30.3 Å². The van der Waals surface area contributed by atoms with E-state index in [4.69, 9.17) is 9.47 Å². The van der Waals surface area contributed by atoms with E-state index >= 15 is 0 Å². The average Bonchev–Trinajstić information content (AvgIpc) is 2.45. The summed E-state index contributed by atoms with van der Waals surface area (Å²) in [5.74, 6) is -0.0770. The number of pyridine rings is 1. The number of aromatic nitrogens is 1. The third-order valence-electron chi connectivity index (χ3n) is 2.40. The first-order chi connectivity index (χ1) is 8.81. The maximum atomic E-state index is 11.8. The Balaban J connectivity index is 2.04. The van der Waals surface area contributed by atoms with Crippen LogP contribution in [0.5, 0.6) is 5.75 Å². The van der Waals surface area contributed by atoms with E-state index in [0.717, 1.165) is 5.56 Å². The number of ether oxygens (including phenoxy) is 2. The van der Waals surface area contributed by atoms with Crippen molar-refractivity contribution in [3.8, 4) is 5.75 Å². The summed E-state index contributed by atoms with van der Waals surface area (Å²) >= 11 is 0. The van der Waals surface area contributed by atoms with Gasteiger partial charge in [0.25, 0.3) is 0 Å². The monoisotopic (exact) mass is 243 g/mol. The van der Waals surface area contributed by atoms with Crippen LogP contribution in [-0.2, 0) is 11.3 Å². The molecule has 0 unspecified atom stereocenters. The number of carbonyl (C=O) groups excluding carboxylic acids is 1. The average molecular weight is 243 g/mol. The maximum Gasteiger partial charge on any atom is 0.361 e. The summed E-state index contributed by atoms with van der Waals surface area (Å²) in [6.45, 7) is 0.222. The summed E-state index contributed by atoms with van der Waals surface area (Å²) in [4.78, 5) is 15.8. The third kappa shape index (κ3) is 2.85. The molecule has 2 rings (SSSR count). The SMILES string of the molecule is COc1cccnc1C(=O)OCc1ccccc1. The normalized spacial score (nSPS) is 9.83. The fourth-order valence-corrected chi connectivity index (χ4v) is 1.50. The number of rotatable bonds is 4. The topological polar surface area (TPSA) is 48.4 Å². The van der Waals surface area contributed by atoms with Crippen LogP contribution in [0.2, 0.25) is 0 Å². The van der Waals surface area contributed by atoms with Gasteiger partial charge in [0.2, 0.25) is 0 Å². The van der Waals surface area contributed by atoms with E-state index in [1.165, 1.54) is 13.3 Å². The van der Waals surface area contributed by atoms with Crippen LogP contribution in [0.25, 0.3) is 0 Å². The van der Waals surface area contributed by atoms with Gasteiger partial charge in [-0.15, -0.1) is 0 Å². The second-order valence-electron chi connectivity index (χ2n) is 3.62. The van der Waals surface area contributed by atoms with Crippen molar-refractivity contribution in [3.05, 3.63) is 59.9 Å². The molecule has 0 spiro atoms. The van der Waals surface area contributed by atoms with Crippen LogP contribution in [-0.4, -0.2) is 18.1 Å². The highest BCUT2D eigenvalue weighted by atomic mass is 16.5. The lowest BCUT2D eigenvalue weighted by Gasteiger charge is -2.07. The Hall–Kier alpha value is -2.36. The first-order valence-electron chi connectivity index (χ1n) is 5.51. The molecule has 0 aliphatic carbocycles. The van der Waals surface area contributed by atoms with E-state index in [9.17, 15) is 4.79 Å². The van der Waals surface area contributed by atoms with Gasteiger partial charge >= 0.3 is 5.97 Å². The number of esters is 1. The predicted octanol–water partition coefficient (Wildman–Crippen LogP) is 2.45. The standard InChI is InChI=1S/C14H13NO3/c1-17-12-8-5-9-15-13(12)14(16)18-10-11-6-3-2-4-7-11/h2-9H,10H2,1H3. The van der Waals surface area contributed by atoms with Crippen LogP contribution in [0.15, 0.2) is 48.7 Å². The third-order valence-corrected chi connectivity index (χ3v) is 2.40. The second kappa shape index (κ2) is 5.82. The van der Waals surface area contributed by atoms with Crippen molar-refractivity contribution in [1.29, 1.82) is 0 Å². The molecule has 0 saturated heterocycles. The zero-order valence-electron chi connectivity index (χ0n) is 10.00. The second-order valence-corrected chi connectivity index (χ2v) is 3.62. The fraction of sp³-hybridized carbons (Fsp3) is 0.143. The molecule has 1 aromatic carbocycles. The van der Waals surface area contributed by atoms with E-state index < -0.39 is 5.97 Å². The Labute approximate surface area is 105 Å². The molecule has 92 valence electrons. The summed E-state index contributed by atoms with van der Waals surface area (Å²) in [5, 5.41) is 0. The molecule has 0 aliphatic rings. The largest absolute Gasteiger partial charge is 0.494 e. The molecule has 2 aromatic rings. The van der Waals surface area contributed by atoms with Gasteiger partial charge in [-0.25, -0.2) is 9.78 Å². The lowest BCUT2D eigenvalue weighted by molar-refractivity contribution is 0.0461. The lowest BCUT2D eigenvalue weighted by atomic mass is 10.2. The van der Waals surface area contributed by atoms with Crippen molar-refractivity contribution in [2.75, 3.05) is 7.11 Å². The van der Waals surface area contributed by atoms with Gasteiger partial charge in [-0.3, -0.25) is 0 Å². The zero-order valence-corrected chi connectivity index (χ0v) is 10.00. The first-order valence-corrected chi connectivity index (χ1v) is 5.51. The lowest BCUT2D eigenvalue weighted by Crippen LogP contribution is -2.09. The van der Waals surface area contributed by atoms with Gasteiger partial charge in [0, 0.05) is 6.20 Å². The molecule has 1 heterocycles. The first kappa shape index (κ1) is 12.1. The molecular formula is C14H13NO3. The van der Waals surface area contributed by atoms with Crippen molar-refractivity contribution in [2.45, 2.75) is 6.61 Å². The van der Waals surface area contributed by atoms with E-state index in [0.29, 0.717) is 5.75 Å². The smallest absolute Gasteiger partial charge is 0.361 e. The van der Waals surface area contributed by atoms with E-state index in [-0.39, 0.29) is 12.3 Å². The molecule has 0 bridgehead atoms. The van der Waals surface area contributed by atoms with E-state index in [1.54, 1.807) is 12.1 Å². The molecule has 0 aliphatic heterocycles. The van der Waals surface area contributed by atoms with E-state index in [2.05, 4.69) is 4.98 Å². The highest BCUT2D eigenvalue weighted by molar-refractivity contribution is 5.90. The zero-order chi connectivity index (χ0) is 12.8. The van der Waals surface area contributed by atoms with Crippen LogP contribution in [0, 0.1) is 0 Å². The Kier molecular flexibility index (Phi) is 3.91. The molecular weight excluding hydrogens is 230 g/mol. The minimum Gasteiger partial charge on any atom is -0.494 e. The predicted molar refractivity (Wildman–Crippen MR) is 66.4 cm³/mol. The summed E-state index contributed by atoms with van der Waals surface area (Å²) in [6, 6.07) is 12.9. The molecule has 18 heavy (non-hydrogen) atoms. The summed E-state index contributed by atoms with van der Waals surface area (Å²) in [5.41, 5.74) is 1.12. The molecule has 4 heteroatoms. The van der Waals surface area contributed by atoms with Crippen LogP contribution < -0.4 is 4.74 Å². The number of benzene rings is 1. The van der Waals surface area contributed by atoms with Crippen molar-refractivity contribution in [1.82, 2.24) is 4.98 Å². The number of hydrogen-bond acceptors (Lipinski definition) is 4. The van der Waals surface area contributed by atoms with Crippen molar-refractivity contribution >= 4 is 5.97 Å². The highest BCUT2D eigenvalue weighted by Crippen LogP contribution is 2.16. The Bertz CT molecular complexity index is 526. The fourth-order valence-electron chi connectivity index (χ4n) is 1.50. The van der Waals surface area contributed by atoms with Gasteiger partial charge in [0.1, 0.15) is 6.61 Å². The molecule has 0 amide bonds. The molecule has 0 radical (unpaired) electrons. The van der Waals surface area contributed by atoms with Crippen molar-refractivity contribution in [2.24, 2.45) is 0 Å². The summed E-state index contributed by atoms with van der Waals surface area (Å²) < 4.78 is 10.2. The summed E-state index contributed by atoms with van der Waals surface area (Å²) in [6.07, 6.45) is 1.53. The number of hydrogen-bond donors (Lipinski definition) is 0. The minimum atomic E-state index is -0.490. The van der Waals surface area contributed by atoms with Gasteiger partial charge < -0.3 is 9.47 Å². The number of carbonyl (C=O) groups is 1. The number of methoxy groups -OCH3 is 1. The van der Waals surface area contributed by atoms with Crippen molar-refractivity contribution in [3.63, 3.8) is 0 Å². The Morgan fingerprint density at radius 2 is 1.94 bits per heavy atom.